The molecule has 0 atom stereocenters. The standard InChI is InChI=1S/C6H16N2.Zn/c1-7(2)5-6-8(3)4;/h5-6H2,1-4H3;/q;+2. The van der Waals surface area contributed by atoms with Gasteiger partial charge in [-0.1, -0.05) is 0 Å². The monoisotopic (exact) mass is 180 g/mol. The van der Waals surface area contributed by atoms with Gasteiger partial charge in [-0.2, -0.15) is 0 Å². The van der Waals surface area contributed by atoms with Crippen molar-refractivity contribution in [1.29, 1.82) is 0 Å². The smallest absolute Gasteiger partial charge is 0.308 e. The summed E-state index contributed by atoms with van der Waals surface area (Å²) in [6, 6.07) is 0. The van der Waals surface area contributed by atoms with Gasteiger partial charge in [-0.05, 0) is 28.2 Å². The van der Waals surface area contributed by atoms with Crippen LogP contribution in [0.4, 0.5) is 0 Å². The van der Waals surface area contributed by atoms with Crippen molar-refractivity contribution in [2.45, 2.75) is 0 Å². The Bertz CT molecular complexity index is 47.0. The van der Waals surface area contributed by atoms with Crippen LogP contribution in [0.25, 0.3) is 0 Å². The van der Waals surface area contributed by atoms with Crippen molar-refractivity contribution in [2.24, 2.45) is 0 Å². The maximum absolute atomic E-state index is 2.18. The van der Waals surface area contributed by atoms with Crippen LogP contribution < -0.4 is 0 Å². The quantitative estimate of drug-likeness (QED) is 0.571. The molecule has 0 aromatic carbocycles. The molecule has 0 amide bonds. The van der Waals surface area contributed by atoms with Crippen molar-refractivity contribution >= 4 is 0 Å². The van der Waals surface area contributed by atoms with E-state index in [2.05, 4.69) is 38.0 Å². The third-order valence-corrected chi connectivity index (χ3v) is 0.994. The van der Waals surface area contributed by atoms with Crippen LogP contribution in [0.1, 0.15) is 0 Å². The summed E-state index contributed by atoms with van der Waals surface area (Å²) in [7, 11) is 8.35. The summed E-state index contributed by atoms with van der Waals surface area (Å²) in [6.45, 7) is 2.29. The summed E-state index contributed by atoms with van der Waals surface area (Å²) < 4.78 is 0. The van der Waals surface area contributed by atoms with Gasteiger partial charge in [0.1, 0.15) is 0 Å². The zero-order valence-corrected chi connectivity index (χ0v) is 9.98. The molecule has 0 aliphatic carbocycles. The number of rotatable bonds is 3. The molecule has 0 aliphatic rings. The molecule has 0 radical (unpaired) electrons. The van der Waals surface area contributed by atoms with Crippen LogP contribution in [0.5, 0.6) is 0 Å². The van der Waals surface area contributed by atoms with Gasteiger partial charge >= 0.3 is 19.5 Å². The fraction of sp³-hybridized carbons (Fsp3) is 1.00. The molecule has 9 heavy (non-hydrogen) atoms. The molecule has 0 aromatic heterocycles. The van der Waals surface area contributed by atoms with Gasteiger partial charge in [0.05, 0.1) is 0 Å². The first-order valence-electron chi connectivity index (χ1n) is 2.92. The van der Waals surface area contributed by atoms with Gasteiger partial charge in [0.15, 0.2) is 0 Å². The third kappa shape index (κ3) is 11.9. The van der Waals surface area contributed by atoms with E-state index in [9.17, 15) is 0 Å². The van der Waals surface area contributed by atoms with Crippen molar-refractivity contribution in [3.63, 3.8) is 0 Å². The second-order valence-corrected chi connectivity index (χ2v) is 2.61. The van der Waals surface area contributed by atoms with E-state index in [-0.39, 0.29) is 19.5 Å². The average molecular weight is 182 g/mol. The van der Waals surface area contributed by atoms with Gasteiger partial charge in [0.25, 0.3) is 0 Å². The molecular formula is C6H16N2Zn+2. The summed E-state index contributed by atoms with van der Waals surface area (Å²) in [5.74, 6) is 0. The Kier molecular flexibility index (Phi) is 9.06. The molecule has 0 aromatic rings. The zero-order valence-electron chi connectivity index (χ0n) is 7.02. The first kappa shape index (κ1) is 12.2. The van der Waals surface area contributed by atoms with E-state index in [4.69, 9.17) is 0 Å². The fourth-order valence-electron chi connectivity index (χ4n) is 0.400. The Morgan fingerprint density at radius 1 is 0.778 bits per heavy atom. The predicted octanol–water partition coefficient (Wildman–Crippen LogP) is 0.107. The molecule has 0 bridgehead atoms. The maximum Gasteiger partial charge on any atom is 2.00 e. The van der Waals surface area contributed by atoms with Gasteiger partial charge in [0.2, 0.25) is 0 Å². The van der Waals surface area contributed by atoms with Gasteiger partial charge < -0.3 is 9.80 Å². The molecule has 0 N–H and O–H groups in total. The molecule has 0 rings (SSSR count). The van der Waals surface area contributed by atoms with E-state index >= 15 is 0 Å². The maximum atomic E-state index is 2.18. The molecule has 0 saturated carbocycles. The fourth-order valence-corrected chi connectivity index (χ4v) is 0.400. The van der Waals surface area contributed by atoms with Crippen molar-refractivity contribution in [3.05, 3.63) is 0 Å². The summed E-state index contributed by atoms with van der Waals surface area (Å²) in [5, 5.41) is 0. The number of hydrogen-bond acceptors (Lipinski definition) is 2. The van der Waals surface area contributed by atoms with E-state index in [1.807, 2.05) is 0 Å². The first-order chi connectivity index (χ1) is 3.63. The topological polar surface area (TPSA) is 6.48 Å². The Labute approximate surface area is 71.0 Å². The van der Waals surface area contributed by atoms with Crippen LogP contribution in [0.3, 0.4) is 0 Å². The van der Waals surface area contributed by atoms with Gasteiger partial charge in [0, 0.05) is 13.1 Å². The molecule has 0 unspecified atom stereocenters. The van der Waals surface area contributed by atoms with Crippen LogP contribution >= 0.6 is 0 Å². The summed E-state index contributed by atoms with van der Waals surface area (Å²) in [6.07, 6.45) is 0. The van der Waals surface area contributed by atoms with Crippen LogP contribution in [0, 0.1) is 0 Å². The van der Waals surface area contributed by atoms with Gasteiger partial charge in [-0.15, -0.1) is 0 Å². The van der Waals surface area contributed by atoms with Crippen molar-refractivity contribution in [1.82, 2.24) is 9.80 Å². The molecule has 0 aliphatic heterocycles. The summed E-state index contributed by atoms with van der Waals surface area (Å²) >= 11 is 0. The average Bonchev–Trinajstić information content (AvgIpc) is 1.61. The Balaban J connectivity index is 0. The minimum atomic E-state index is 0. The number of likely N-dealkylation sites (N-methyl/N-ethyl adjacent to an activating group) is 2. The Morgan fingerprint density at radius 3 is 1.11 bits per heavy atom. The van der Waals surface area contributed by atoms with Crippen LogP contribution in [-0.4, -0.2) is 51.1 Å². The van der Waals surface area contributed by atoms with E-state index < -0.39 is 0 Å². The zero-order chi connectivity index (χ0) is 6.57. The van der Waals surface area contributed by atoms with Crippen molar-refractivity contribution in [2.75, 3.05) is 41.3 Å². The molecule has 50 valence electrons. The summed E-state index contributed by atoms with van der Waals surface area (Å²) in [5.41, 5.74) is 0. The third-order valence-electron chi connectivity index (χ3n) is 0.994. The molecule has 2 nitrogen and oxygen atoms in total. The second kappa shape index (κ2) is 6.66. The van der Waals surface area contributed by atoms with Crippen LogP contribution in [0.15, 0.2) is 0 Å². The minimum Gasteiger partial charge on any atom is -0.308 e. The van der Waals surface area contributed by atoms with E-state index in [0.29, 0.717) is 0 Å². The minimum absolute atomic E-state index is 0. The van der Waals surface area contributed by atoms with Gasteiger partial charge in [-0.25, -0.2) is 0 Å². The molecule has 0 fully saturated rings. The molecule has 0 spiro atoms. The largest absolute Gasteiger partial charge is 2.00 e. The number of nitrogens with zero attached hydrogens (tertiary/aromatic N) is 2. The van der Waals surface area contributed by atoms with Gasteiger partial charge in [-0.3, -0.25) is 0 Å². The normalized spacial score (nSPS) is 10.0. The second-order valence-electron chi connectivity index (χ2n) is 2.61. The van der Waals surface area contributed by atoms with Crippen molar-refractivity contribution < 1.29 is 19.5 Å². The first-order valence-corrected chi connectivity index (χ1v) is 2.92. The molecular weight excluding hydrogens is 165 g/mol. The van der Waals surface area contributed by atoms with E-state index in [1.165, 1.54) is 0 Å². The molecule has 0 heterocycles. The summed E-state index contributed by atoms with van der Waals surface area (Å²) in [4.78, 5) is 4.36. The van der Waals surface area contributed by atoms with Crippen LogP contribution in [0.2, 0.25) is 0 Å². The molecule has 3 heteroatoms. The predicted molar refractivity (Wildman–Crippen MR) is 37.1 cm³/mol. The molecule has 0 saturated heterocycles. The SMILES string of the molecule is CN(C)CCN(C)C.[Zn+2]. The van der Waals surface area contributed by atoms with E-state index in [0.717, 1.165) is 13.1 Å². The van der Waals surface area contributed by atoms with Crippen LogP contribution in [-0.2, 0) is 19.5 Å². The Morgan fingerprint density at radius 2 is 1.00 bits per heavy atom. The Hall–Kier alpha value is 0.543. The van der Waals surface area contributed by atoms with E-state index in [1.54, 1.807) is 0 Å². The number of hydrogen-bond donors (Lipinski definition) is 0. The van der Waals surface area contributed by atoms with Crippen molar-refractivity contribution in [3.8, 4) is 0 Å².